The van der Waals surface area contributed by atoms with Crippen LogP contribution in [0.15, 0.2) is 47.6 Å². The zero-order valence-electron chi connectivity index (χ0n) is 19.1. The maximum absolute atomic E-state index is 13.6. The summed E-state index contributed by atoms with van der Waals surface area (Å²) in [6.07, 6.45) is 2.72. The molecule has 7 heteroatoms. The van der Waals surface area contributed by atoms with Crippen molar-refractivity contribution in [2.24, 2.45) is 11.0 Å². The van der Waals surface area contributed by atoms with Crippen LogP contribution in [0.5, 0.6) is 0 Å². The number of benzene rings is 2. The summed E-state index contributed by atoms with van der Waals surface area (Å²) in [5.41, 5.74) is 2.38. The maximum atomic E-state index is 13.6. The van der Waals surface area contributed by atoms with Gasteiger partial charge in [-0.25, -0.2) is 9.40 Å². The Kier molecular flexibility index (Phi) is 7.91. The van der Waals surface area contributed by atoms with Crippen LogP contribution in [0.25, 0.3) is 0 Å². The number of rotatable bonds is 9. The predicted molar refractivity (Wildman–Crippen MR) is 128 cm³/mol. The third-order valence-electron chi connectivity index (χ3n) is 6.08. The molecule has 0 saturated heterocycles. The van der Waals surface area contributed by atoms with E-state index in [9.17, 15) is 9.18 Å². The standard InChI is InChI=1S/C25H31ClFN3O2/c1-5-6-7-21-23(18-8-11-20(27)12-9-18)29-30(22-13-10-19(26)16-17(22)2)25(21,3)24(31)28-14-15-32-4/h8-13,16,21H,5-7,14-15H2,1-4H3,(H,28,31). The van der Waals surface area contributed by atoms with E-state index in [1.807, 2.05) is 31.0 Å². The fourth-order valence-electron chi connectivity index (χ4n) is 4.26. The second-order valence-electron chi connectivity index (χ2n) is 8.33. The maximum Gasteiger partial charge on any atom is 0.248 e. The number of anilines is 1. The third kappa shape index (κ3) is 4.81. The van der Waals surface area contributed by atoms with Crippen LogP contribution < -0.4 is 10.3 Å². The Morgan fingerprint density at radius 1 is 1.28 bits per heavy atom. The number of unbranched alkanes of at least 4 members (excludes halogenated alkanes) is 1. The molecule has 3 rings (SSSR count). The molecule has 1 N–H and O–H groups in total. The molecule has 1 aliphatic heterocycles. The lowest BCUT2D eigenvalue weighted by Crippen LogP contribution is -2.58. The third-order valence-corrected chi connectivity index (χ3v) is 6.32. The second kappa shape index (κ2) is 10.5. The van der Waals surface area contributed by atoms with Crippen LogP contribution in [0.1, 0.15) is 44.2 Å². The Labute approximate surface area is 194 Å². The van der Waals surface area contributed by atoms with Crippen LogP contribution in [0.4, 0.5) is 10.1 Å². The van der Waals surface area contributed by atoms with Crippen LogP contribution in [0, 0.1) is 18.7 Å². The summed E-state index contributed by atoms with van der Waals surface area (Å²) >= 11 is 6.20. The van der Waals surface area contributed by atoms with Gasteiger partial charge in [-0.15, -0.1) is 0 Å². The number of hydrogen-bond acceptors (Lipinski definition) is 4. The zero-order valence-corrected chi connectivity index (χ0v) is 19.9. The van der Waals surface area contributed by atoms with Gasteiger partial charge in [0, 0.05) is 24.6 Å². The van der Waals surface area contributed by atoms with Crippen molar-refractivity contribution in [2.45, 2.75) is 45.6 Å². The van der Waals surface area contributed by atoms with E-state index >= 15 is 0 Å². The molecule has 2 aromatic rings. The number of amides is 1. The van der Waals surface area contributed by atoms with E-state index in [-0.39, 0.29) is 17.6 Å². The first-order valence-corrected chi connectivity index (χ1v) is 11.4. The summed E-state index contributed by atoms with van der Waals surface area (Å²) in [5.74, 6) is -0.598. The van der Waals surface area contributed by atoms with Crippen molar-refractivity contribution in [1.29, 1.82) is 0 Å². The molecule has 0 fully saturated rings. The molecule has 0 aromatic heterocycles. The van der Waals surface area contributed by atoms with Gasteiger partial charge in [-0.05, 0) is 61.7 Å². The number of hydrogen-bond donors (Lipinski definition) is 1. The molecule has 0 bridgehead atoms. The van der Waals surface area contributed by atoms with Gasteiger partial charge >= 0.3 is 0 Å². The van der Waals surface area contributed by atoms with E-state index in [0.717, 1.165) is 41.8 Å². The first-order valence-electron chi connectivity index (χ1n) is 11.0. The molecule has 1 amide bonds. The highest BCUT2D eigenvalue weighted by molar-refractivity contribution is 6.30. The number of halogens is 2. The van der Waals surface area contributed by atoms with Gasteiger partial charge in [-0.3, -0.25) is 4.79 Å². The number of nitrogens with zero attached hydrogens (tertiary/aromatic N) is 2. The van der Waals surface area contributed by atoms with Gasteiger partial charge in [-0.1, -0.05) is 43.5 Å². The Morgan fingerprint density at radius 3 is 2.62 bits per heavy atom. The van der Waals surface area contributed by atoms with Gasteiger partial charge in [0.1, 0.15) is 11.4 Å². The van der Waals surface area contributed by atoms with Crippen LogP contribution in [-0.2, 0) is 9.53 Å². The first-order chi connectivity index (χ1) is 15.3. The van der Waals surface area contributed by atoms with Crippen molar-refractivity contribution < 1.29 is 13.9 Å². The number of hydrazone groups is 1. The summed E-state index contributed by atoms with van der Waals surface area (Å²) in [4.78, 5) is 13.6. The summed E-state index contributed by atoms with van der Waals surface area (Å²) in [5, 5.41) is 10.4. The minimum atomic E-state index is -0.967. The van der Waals surface area contributed by atoms with Crippen molar-refractivity contribution in [3.8, 4) is 0 Å². The lowest BCUT2D eigenvalue weighted by Gasteiger charge is -2.38. The first kappa shape index (κ1) is 24.2. The quantitative estimate of drug-likeness (QED) is 0.515. The molecule has 5 nitrogen and oxygen atoms in total. The van der Waals surface area contributed by atoms with Gasteiger partial charge < -0.3 is 10.1 Å². The topological polar surface area (TPSA) is 53.9 Å². The van der Waals surface area contributed by atoms with Crippen molar-refractivity contribution in [3.63, 3.8) is 0 Å². The van der Waals surface area contributed by atoms with Gasteiger partial charge in [-0.2, -0.15) is 5.10 Å². The number of nitrogens with one attached hydrogen (secondary N) is 1. The monoisotopic (exact) mass is 459 g/mol. The minimum Gasteiger partial charge on any atom is -0.383 e. The molecule has 1 aliphatic rings. The van der Waals surface area contributed by atoms with Crippen LogP contribution in [-0.4, -0.2) is 37.4 Å². The molecule has 0 spiro atoms. The molecule has 0 saturated carbocycles. The Hall–Kier alpha value is -2.44. The Bertz CT molecular complexity index is 980. The highest BCUT2D eigenvalue weighted by atomic mass is 35.5. The molecule has 2 unspecified atom stereocenters. The number of aryl methyl sites for hydroxylation is 1. The van der Waals surface area contributed by atoms with Gasteiger partial charge in [0.15, 0.2) is 0 Å². The van der Waals surface area contributed by atoms with Gasteiger partial charge in [0.05, 0.1) is 18.0 Å². The summed E-state index contributed by atoms with van der Waals surface area (Å²) in [6.45, 7) is 6.85. The Balaban J connectivity index is 2.13. The molecular formula is C25H31ClFN3O2. The lowest BCUT2D eigenvalue weighted by atomic mass is 9.76. The van der Waals surface area contributed by atoms with Crippen LogP contribution in [0.2, 0.25) is 5.02 Å². The zero-order chi connectivity index (χ0) is 23.3. The molecule has 1 heterocycles. The normalized spacial score (nSPS) is 20.4. The van der Waals surface area contributed by atoms with Crippen molar-refractivity contribution in [2.75, 3.05) is 25.3 Å². The lowest BCUT2D eigenvalue weighted by molar-refractivity contribution is -0.127. The van der Waals surface area contributed by atoms with Crippen molar-refractivity contribution in [3.05, 3.63) is 64.4 Å². The fourth-order valence-corrected chi connectivity index (χ4v) is 4.49. The van der Waals surface area contributed by atoms with Crippen LogP contribution >= 0.6 is 11.6 Å². The second-order valence-corrected chi connectivity index (χ2v) is 8.76. The predicted octanol–water partition coefficient (Wildman–Crippen LogP) is 5.34. The molecule has 32 heavy (non-hydrogen) atoms. The molecule has 2 atom stereocenters. The average Bonchev–Trinajstić information content (AvgIpc) is 3.06. The summed E-state index contributed by atoms with van der Waals surface area (Å²) in [7, 11) is 1.60. The van der Waals surface area contributed by atoms with E-state index in [4.69, 9.17) is 21.4 Å². The molecule has 172 valence electrons. The summed E-state index contributed by atoms with van der Waals surface area (Å²) < 4.78 is 18.7. The van der Waals surface area contributed by atoms with E-state index in [0.29, 0.717) is 18.2 Å². The number of methoxy groups -OCH3 is 1. The van der Waals surface area contributed by atoms with Gasteiger partial charge in [0.2, 0.25) is 5.91 Å². The SMILES string of the molecule is CCCCC1C(c2ccc(F)cc2)=NN(c2ccc(Cl)cc2C)C1(C)C(=O)NCCOC. The fraction of sp³-hybridized carbons (Fsp3) is 0.440. The smallest absolute Gasteiger partial charge is 0.248 e. The number of ether oxygens (including phenoxy) is 1. The van der Waals surface area contributed by atoms with E-state index < -0.39 is 5.54 Å². The van der Waals surface area contributed by atoms with E-state index in [2.05, 4.69) is 12.2 Å². The van der Waals surface area contributed by atoms with E-state index in [1.165, 1.54) is 12.1 Å². The molecular weight excluding hydrogens is 429 g/mol. The van der Waals surface area contributed by atoms with Gasteiger partial charge in [0.25, 0.3) is 0 Å². The molecule has 2 aromatic carbocycles. The van der Waals surface area contributed by atoms with E-state index in [1.54, 1.807) is 25.3 Å². The number of carbonyl (C=O) groups excluding carboxylic acids is 1. The molecule has 0 aliphatic carbocycles. The van der Waals surface area contributed by atoms with Crippen molar-refractivity contribution in [1.82, 2.24) is 5.32 Å². The van der Waals surface area contributed by atoms with Crippen LogP contribution in [0.3, 0.4) is 0 Å². The highest BCUT2D eigenvalue weighted by Gasteiger charge is 2.53. The number of carbonyl (C=O) groups is 1. The molecule has 0 radical (unpaired) electrons. The van der Waals surface area contributed by atoms with Crippen molar-refractivity contribution >= 4 is 28.9 Å². The average molecular weight is 460 g/mol. The largest absolute Gasteiger partial charge is 0.383 e. The minimum absolute atomic E-state index is 0.120. The highest BCUT2D eigenvalue weighted by Crippen LogP contribution is 2.43. The summed E-state index contributed by atoms with van der Waals surface area (Å²) in [6, 6.07) is 11.9. The Morgan fingerprint density at radius 2 is 2.00 bits per heavy atom.